The van der Waals surface area contributed by atoms with Crippen molar-refractivity contribution >= 4 is 0 Å². The van der Waals surface area contributed by atoms with Crippen LogP contribution in [0.25, 0.3) is 0 Å². The quantitative estimate of drug-likeness (QED) is 0.642. The van der Waals surface area contributed by atoms with Gasteiger partial charge in [-0.1, -0.05) is 82.3 Å². The maximum atomic E-state index is 2.32. The molecule has 1 unspecified atom stereocenters. The van der Waals surface area contributed by atoms with Crippen LogP contribution in [-0.4, -0.2) is 0 Å². The second-order valence-electron chi connectivity index (χ2n) is 6.36. The van der Waals surface area contributed by atoms with E-state index in [2.05, 4.69) is 82.3 Å². The van der Waals surface area contributed by atoms with Gasteiger partial charge in [0.1, 0.15) is 0 Å². The van der Waals surface area contributed by atoms with E-state index < -0.39 is 0 Å². The molecule has 0 nitrogen and oxygen atoms in total. The molecule has 0 aliphatic carbocycles. The van der Waals surface area contributed by atoms with E-state index in [-0.39, 0.29) is 0 Å². The molecule has 0 heterocycles. The maximum Gasteiger partial charge on any atom is -0.00984 e. The summed E-state index contributed by atoms with van der Waals surface area (Å²) in [4.78, 5) is 0. The predicted molar refractivity (Wildman–Crippen MR) is 88.3 cm³/mol. The van der Waals surface area contributed by atoms with Gasteiger partial charge >= 0.3 is 0 Å². The van der Waals surface area contributed by atoms with Crippen molar-refractivity contribution in [3.05, 3.63) is 71.3 Å². The Bertz CT molecular complexity index is 505. The highest BCUT2D eigenvalue weighted by Crippen LogP contribution is 2.28. The topological polar surface area (TPSA) is 0 Å². The Morgan fingerprint density at radius 2 is 1.30 bits per heavy atom. The highest BCUT2D eigenvalue weighted by molar-refractivity contribution is 5.28. The molecule has 106 valence electrons. The molecule has 2 aromatic rings. The Hall–Kier alpha value is -1.56. The highest BCUT2D eigenvalue weighted by atomic mass is 14.2. The van der Waals surface area contributed by atoms with Crippen LogP contribution < -0.4 is 0 Å². The summed E-state index contributed by atoms with van der Waals surface area (Å²) in [7, 11) is 0. The molecule has 0 aromatic heterocycles. The van der Waals surface area contributed by atoms with E-state index in [1.165, 1.54) is 16.7 Å². The van der Waals surface area contributed by atoms with Crippen LogP contribution in [0.4, 0.5) is 0 Å². The largest absolute Gasteiger partial charge is 0.0622 e. The number of hydrogen-bond donors (Lipinski definition) is 0. The van der Waals surface area contributed by atoms with Crippen LogP contribution in [0.3, 0.4) is 0 Å². The molecular weight excluding hydrogens is 240 g/mol. The first-order chi connectivity index (χ1) is 9.58. The second-order valence-corrected chi connectivity index (χ2v) is 6.36. The van der Waals surface area contributed by atoms with E-state index in [1.54, 1.807) is 0 Å². The van der Waals surface area contributed by atoms with Crippen LogP contribution in [-0.2, 0) is 6.42 Å². The summed E-state index contributed by atoms with van der Waals surface area (Å²) in [5.41, 5.74) is 4.32. The molecule has 0 fully saturated rings. The van der Waals surface area contributed by atoms with Gasteiger partial charge in [-0.3, -0.25) is 0 Å². The lowest BCUT2D eigenvalue weighted by Crippen LogP contribution is -2.10. The zero-order chi connectivity index (χ0) is 14.5. The minimum absolute atomic E-state index is 0.598. The minimum Gasteiger partial charge on any atom is -0.0622 e. The standard InChI is InChI=1S/C20H26/c1-15(2)18-12-10-17(11-13-18)14-20(16(3)4)19-8-6-5-7-9-19/h5-13,15-16,20H,14H2,1-4H3. The van der Waals surface area contributed by atoms with Crippen LogP contribution in [0.1, 0.15) is 56.2 Å². The Morgan fingerprint density at radius 1 is 0.700 bits per heavy atom. The van der Waals surface area contributed by atoms with Crippen molar-refractivity contribution in [3.8, 4) is 0 Å². The third kappa shape index (κ3) is 3.72. The molecule has 0 radical (unpaired) electrons. The summed E-state index contributed by atoms with van der Waals surface area (Å²) in [5.74, 6) is 1.86. The molecule has 0 bridgehead atoms. The Labute approximate surface area is 123 Å². The van der Waals surface area contributed by atoms with Gasteiger partial charge in [-0.15, -0.1) is 0 Å². The van der Waals surface area contributed by atoms with Crippen LogP contribution in [0.15, 0.2) is 54.6 Å². The lowest BCUT2D eigenvalue weighted by atomic mass is 9.83. The average Bonchev–Trinajstić information content (AvgIpc) is 2.46. The Morgan fingerprint density at radius 3 is 1.80 bits per heavy atom. The summed E-state index contributed by atoms with van der Waals surface area (Å²) in [5, 5.41) is 0. The molecule has 0 heteroatoms. The van der Waals surface area contributed by atoms with Crippen LogP contribution >= 0.6 is 0 Å². The van der Waals surface area contributed by atoms with Crippen molar-refractivity contribution in [1.29, 1.82) is 0 Å². The lowest BCUT2D eigenvalue weighted by molar-refractivity contribution is 0.495. The number of benzene rings is 2. The molecule has 0 N–H and O–H groups in total. The zero-order valence-corrected chi connectivity index (χ0v) is 13.1. The van der Waals surface area contributed by atoms with E-state index in [4.69, 9.17) is 0 Å². The molecule has 0 saturated heterocycles. The van der Waals surface area contributed by atoms with Crippen molar-refractivity contribution in [2.24, 2.45) is 5.92 Å². The lowest BCUT2D eigenvalue weighted by Gasteiger charge is -2.22. The molecule has 2 aromatic carbocycles. The molecule has 0 aliphatic rings. The fourth-order valence-corrected chi connectivity index (χ4v) is 2.73. The van der Waals surface area contributed by atoms with E-state index in [1.807, 2.05) is 0 Å². The van der Waals surface area contributed by atoms with E-state index in [0.717, 1.165) is 6.42 Å². The number of hydrogen-bond acceptors (Lipinski definition) is 0. The molecule has 20 heavy (non-hydrogen) atoms. The molecule has 1 atom stereocenters. The van der Waals surface area contributed by atoms with Crippen LogP contribution in [0.5, 0.6) is 0 Å². The summed E-state index contributed by atoms with van der Waals surface area (Å²) in [6.07, 6.45) is 1.13. The molecule has 0 saturated carbocycles. The third-order valence-corrected chi connectivity index (χ3v) is 4.13. The fourth-order valence-electron chi connectivity index (χ4n) is 2.73. The van der Waals surface area contributed by atoms with Crippen LogP contribution in [0, 0.1) is 5.92 Å². The van der Waals surface area contributed by atoms with Gasteiger partial charge in [-0.2, -0.15) is 0 Å². The van der Waals surface area contributed by atoms with Gasteiger partial charge in [0, 0.05) is 0 Å². The van der Waals surface area contributed by atoms with Crippen molar-refractivity contribution < 1.29 is 0 Å². The van der Waals surface area contributed by atoms with Crippen LogP contribution in [0.2, 0.25) is 0 Å². The maximum absolute atomic E-state index is 2.32. The SMILES string of the molecule is CC(C)c1ccc(CC(c2ccccc2)C(C)C)cc1. The monoisotopic (exact) mass is 266 g/mol. The van der Waals surface area contributed by atoms with Crippen molar-refractivity contribution in [1.82, 2.24) is 0 Å². The normalized spacial score (nSPS) is 12.9. The van der Waals surface area contributed by atoms with E-state index in [9.17, 15) is 0 Å². The van der Waals surface area contributed by atoms with Gasteiger partial charge < -0.3 is 0 Å². The van der Waals surface area contributed by atoms with Gasteiger partial charge in [0.2, 0.25) is 0 Å². The summed E-state index contributed by atoms with van der Waals surface area (Å²) >= 11 is 0. The van der Waals surface area contributed by atoms with Gasteiger partial charge in [-0.05, 0) is 40.9 Å². The van der Waals surface area contributed by atoms with Gasteiger partial charge in [-0.25, -0.2) is 0 Å². The van der Waals surface area contributed by atoms with E-state index >= 15 is 0 Å². The molecule has 2 rings (SSSR count). The predicted octanol–water partition coefficient (Wildman–Crippen LogP) is 5.79. The molecule has 0 amide bonds. The smallest absolute Gasteiger partial charge is 0.00984 e. The van der Waals surface area contributed by atoms with E-state index in [0.29, 0.717) is 17.8 Å². The number of rotatable bonds is 5. The van der Waals surface area contributed by atoms with Crippen molar-refractivity contribution in [3.63, 3.8) is 0 Å². The summed E-state index contributed by atoms with van der Waals surface area (Å²) in [6, 6.07) is 20.1. The van der Waals surface area contributed by atoms with Gasteiger partial charge in [0.25, 0.3) is 0 Å². The van der Waals surface area contributed by atoms with Gasteiger partial charge in [0.05, 0.1) is 0 Å². The molecule has 0 aliphatic heterocycles. The molecule has 0 spiro atoms. The summed E-state index contributed by atoms with van der Waals surface area (Å²) < 4.78 is 0. The first kappa shape index (κ1) is 14.8. The average molecular weight is 266 g/mol. The molecular formula is C20H26. The Kier molecular flexibility index (Phi) is 5.00. The van der Waals surface area contributed by atoms with Gasteiger partial charge in [0.15, 0.2) is 0 Å². The summed E-state index contributed by atoms with van der Waals surface area (Å²) in [6.45, 7) is 9.13. The van der Waals surface area contributed by atoms with Crippen molar-refractivity contribution in [2.75, 3.05) is 0 Å². The van der Waals surface area contributed by atoms with Crippen molar-refractivity contribution in [2.45, 2.75) is 46.0 Å². The first-order valence-electron chi connectivity index (χ1n) is 7.71. The zero-order valence-electron chi connectivity index (χ0n) is 13.1. The first-order valence-corrected chi connectivity index (χ1v) is 7.71. The minimum atomic E-state index is 0.598. The second kappa shape index (κ2) is 6.74. The highest BCUT2D eigenvalue weighted by Gasteiger charge is 2.16. The Balaban J connectivity index is 2.17. The third-order valence-electron chi connectivity index (χ3n) is 4.13. The fraction of sp³-hybridized carbons (Fsp3) is 0.400.